The summed E-state index contributed by atoms with van der Waals surface area (Å²) in [4.78, 5) is 4.79. The highest BCUT2D eigenvalue weighted by Crippen LogP contribution is 2.64. The molecule has 1 aromatic carbocycles. The fraction of sp³-hybridized carbons (Fsp3) is 0.462. The van der Waals surface area contributed by atoms with Crippen LogP contribution in [0.15, 0.2) is 24.3 Å². The lowest BCUT2D eigenvalue weighted by Crippen LogP contribution is -2.37. The molecule has 4 rings (SSSR count). The van der Waals surface area contributed by atoms with E-state index in [-0.39, 0.29) is 11.0 Å². The SMILES string of the molecule is NC1(C2(c3nc4ccccc4s3)CC2)CC1. The van der Waals surface area contributed by atoms with Crippen molar-refractivity contribution in [3.63, 3.8) is 0 Å². The van der Waals surface area contributed by atoms with Gasteiger partial charge in [-0.1, -0.05) is 12.1 Å². The van der Waals surface area contributed by atoms with Gasteiger partial charge in [-0.2, -0.15) is 0 Å². The van der Waals surface area contributed by atoms with Gasteiger partial charge in [0.15, 0.2) is 0 Å². The van der Waals surface area contributed by atoms with Gasteiger partial charge < -0.3 is 5.73 Å². The number of hydrogen-bond acceptors (Lipinski definition) is 3. The van der Waals surface area contributed by atoms with Crippen LogP contribution in [0, 0.1) is 0 Å². The van der Waals surface area contributed by atoms with Crippen molar-refractivity contribution in [2.45, 2.75) is 36.6 Å². The number of aromatic nitrogens is 1. The topological polar surface area (TPSA) is 38.9 Å². The second kappa shape index (κ2) is 2.66. The Morgan fingerprint density at radius 3 is 2.50 bits per heavy atom. The molecule has 16 heavy (non-hydrogen) atoms. The summed E-state index contributed by atoms with van der Waals surface area (Å²) in [5.41, 5.74) is 7.88. The Balaban J connectivity index is 1.88. The molecule has 2 aromatic rings. The number of fused-ring (bicyclic) bond motifs is 1. The summed E-state index contributed by atoms with van der Waals surface area (Å²) in [7, 11) is 0. The van der Waals surface area contributed by atoms with E-state index in [4.69, 9.17) is 10.7 Å². The predicted octanol–water partition coefficient (Wildman–Crippen LogP) is 2.82. The monoisotopic (exact) mass is 230 g/mol. The lowest BCUT2D eigenvalue weighted by atomic mass is 9.95. The highest BCUT2D eigenvalue weighted by molar-refractivity contribution is 7.18. The van der Waals surface area contributed by atoms with Crippen LogP contribution in [0.3, 0.4) is 0 Å². The molecule has 2 fully saturated rings. The third-order valence-corrected chi connectivity index (χ3v) is 5.44. The van der Waals surface area contributed by atoms with Crippen molar-refractivity contribution in [1.29, 1.82) is 0 Å². The number of hydrogen-bond donors (Lipinski definition) is 1. The van der Waals surface area contributed by atoms with Gasteiger partial charge in [-0.05, 0) is 37.8 Å². The maximum atomic E-state index is 6.41. The van der Waals surface area contributed by atoms with Crippen LogP contribution in [0.4, 0.5) is 0 Å². The van der Waals surface area contributed by atoms with Gasteiger partial charge in [0.05, 0.1) is 10.2 Å². The summed E-state index contributed by atoms with van der Waals surface area (Å²) >= 11 is 1.84. The second-order valence-corrected chi connectivity index (χ2v) is 6.26. The maximum absolute atomic E-state index is 6.41. The summed E-state index contributed by atoms with van der Waals surface area (Å²) in [6, 6.07) is 8.39. The average molecular weight is 230 g/mol. The van der Waals surface area contributed by atoms with Crippen LogP contribution in [0.5, 0.6) is 0 Å². The number of benzene rings is 1. The molecule has 2 N–H and O–H groups in total. The third-order valence-electron chi connectivity index (χ3n) is 4.20. The zero-order valence-corrected chi connectivity index (χ0v) is 9.89. The molecule has 3 heteroatoms. The van der Waals surface area contributed by atoms with E-state index < -0.39 is 0 Å². The normalized spacial score (nSPS) is 24.6. The molecule has 0 saturated heterocycles. The molecule has 2 aliphatic carbocycles. The molecule has 0 aliphatic heterocycles. The molecule has 1 heterocycles. The van der Waals surface area contributed by atoms with Crippen LogP contribution in [0.1, 0.15) is 30.7 Å². The highest BCUT2D eigenvalue weighted by atomic mass is 32.1. The number of thiazole rings is 1. The molecular weight excluding hydrogens is 216 g/mol. The van der Waals surface area contributed by atoms with Gasteiger partial charge in [0, 0.05) is 11.0 Å². The smallest absolute Gasteiger partial charge is 0.102 e. The first-order valence-corrected chi connectivity index (χ1v) is 6.70. The van der Waals surface area contributed by atoms with Crippen molar-refractivity contribution >= 4 is 21.6 Å². The largest absolute Gasteiger partial charge is 0.324 e. The van der Waals surface area contributed by atoms with Crippen LogP contribution in [-0.4, -0.2) is 10.5 Å². The van der Waals surface area contributed by atoms with Crippen molar-refractivity contribution in [3.8, 4) is 0 Å². The van der Waals surface area contributed by atoms with Gasteiger partial charge in [0.1, 0.15) is 5.01 Å². The van der Waals surface area contributed by atoms with Gasteiger partial charge in [-0.25, -0.2) is 4.98 Å². The maximum Gasteiger partial charge on any atom is 0.102 e. The minimum atomic E-state index is 0.0842. The zero-order chi connectivity index (χ0) is 10.8. The van der Waals surface area contributed by atoms with Crippen LogP contribution >= 0.6 is 11.3 Å². The van der Waals surface area contributed by atoms with E-state index in [2.05, 4.69) is 24.3 Å². The lowest BCUT2D eigenvalue weighted by molar-refractivity contribution is 0.502. The van der Waals surface area contributed by atoms with Gasteiger partial charge in [0.2, 0.25) is 0 Å². The molecule has 0 bridgehead atoms. The van der Waals surface area contributed by atoms with E-state index in [1.54, 1.807) is 0 Å². The second-order valence-electron chi connectivity index (χ2n) is 5.22. The first kappa shape index (κ1) is 9.14. The van der Waals surface area contributed by atoms with Crippen LogP contribution < -0.4 is 5.73 Å². The van der Waals surface area contributed by atoms with E-state index in [0.29, 0.717) is 0 Å². The minimum absolute atomic E-state index is 0.0842. The Kier molecular flexibility index (Phi) is 1.52. The molecule has 0 unspecified atom stereocenters. The van der Waals surface area contributed by atoms with E-state index in [9.17, 15) is 0 Å². The summed E-state index contributed by atoms with van der Waals surface area (Å²) in [5.74, 6) is 0. The highest BCUT2D eigenvalue weighted by Gasteiger charge is 2.65. The molecule has 2 saturated carbocycles. The van der Waals surface area contributed by atoms with Crippen LogP contribution in [0.25, 0.3) is 10.2 Å². The Labute approximate surface area is 98.5 Å². The van der Waals surface area contributed by atoms with Gasteiger partial charge in [-0.15, -0.1) is 11.3 Å². The molecule has 2 aliphatic rings. The van der Waals surface area contributed by atoms with E-state index >= 15 is 0 Å². The van der Waals surface area contributed by atoms with Crippen molar-refractivity contribution in [2.24, 2.45) is 5.73 Å². The average Bonchev–Trinajstić information content (AvgIpc) is 3.18. The minimum Gasteiger partial charge on any atom is -0.324 e. The van der Waals surface area contributed by atoms with Crippen molar-refractivity contribution < 1.29 is 0 Å². The van der Waals surface area contributed by atoms with Crippen molar-refractivity contribution in [3.05, 3.63) is 29.3 Å². The molecule has 1 aromatic heterocycles. The predicted molar refractivity (Wildman–Crippen MR) is 66.7 cm³/mol. The summed E-state index contributed by atoms with van der Waals surface area (Å²) in [5, 5.41) is 1.29. The Morgan fingerprint density at radius 2 is 1.88 bits per heavy atom. The molecular formula is C13H14N2S. The molecule has 0 spiro atoms. The molecule has 0 amide bonds. The van der Waals surface area contributed by atoms with E-state index in [0.717, 1.165) is 5.52 Å². The summed E-state index contributed by atoms with van der Waals surface area (Å²) in [6.45, 7) is 0. The van der Waals surface area contributed by atoms with Gasteiger partial charge in [-0.3, -0.25) is 0 Å². The summed E-state index contributed by atoms with van der Waals surface area (Å²) in [6.07, 6.45) is 4.85. The standard InChI is InChI=1S/C13H14N2S/c14-13(7-8-13)12(5-6-12)11-15-9-3-1-2-4-10(9)16-11/h1-4H,5-8,14H2. The number of nitrogens with two attached hydrogens (primary N) is 1. The Morgan fingerprint density at radius 1 is 1.12 bits per heavy atom. The number of para-hydroxylation sites is 1. The first-order chi connectivity index (χ1) is 7.74. The van der Waals surface area contributed by atoms with Crippen molar-refractivity contribution in [1.82, 2.24) is 4.98 Å². The fourth-order valence-electron chi connectivity index (χ4n) is 2.74. The zero-order valence-electron chi connectivity index (χ0n) is 9.07. The lowest BCUT2D eigenvalue weighted by Gasteiger charge is -2.19. The van der Waals surface area contributed by atoms with Crippen LogP contribution in [0.2, 0.25) is 0 Å². The molecule has 0 radical (unpaired) electrons. The first-order valence-electron chi connectivity index (χ1n) is 5.89. The van der Waals surface area contributed by atoms with Gasteiger partial charge in [0.25, 0.3) is 0 Å². The van der Waals surface area contributed by atoms with Crippen LogP contribution in [-0.2, 0) is 5.41 Å². The fourth-order valence-corrected chi connectivity index (χ4v) is 4.06. The molecule has 0 atom stereocenters. The molecule has 82 valence electrons. The summed E-state index contributed by atoms with van der Waals surface area (Å²) < 4.78 is 1.30. The number of rotatable bonds is 2. The molecule has 2 nitrogen and oxygen atoms in total. The van der Waals surface area contributed by atoms with E-state index in [1.807, 2.05) is 11.3 Å². The Hall–Kier alpha value is -0.930. The van der Waals surface area contributed by atoms with Gasteiger partial charge >= 0.3 is 0 Å². The van der Waals surface area contributed by atoms with E-state index in [1.165, 1.54) is 35.4 Å². The number of nitrogens with zero attached hydrogens (tertiary/aromatic N) is 1. The van der Waals surface area contributed by atoms with Crippen molar-refractivity contribution in [2.75, 3.05) is 0 Å². The third kappa shape index (κ3) is 1.03. The quantitative estimate of drug-likeness (QED) is 0.861. The Bertz CT molecular complexity index is 531.